The molecular formula is C8H5BrFN3O2. The first-order chi connectivity index (χ1) is 7.04. The molecule has 0 fully saturated rings. The van der Waals surface area contributed by atoms with Gasteiger partial charge < -0.3 is 4.98 Å². The second kappa shape index (κ2) is 3.27. The highest BCUT2D eigenvalue weighted by Gasteiger charge is 2.15. The fourth-order valence-electron chi connectivity index (χ4n) is 1.29. The lowest BCUT2D eigenvalue weighted by Gasteiger charge is -2.04. The molecule has 2 heterocycles. The summed E-state index contributed by atoms with van der Waals surface area (Å²) in [5, 5.41) is 0.0251. The second-order valence-electron chi connectivity index (χ2n) is 2.92. The van der Waals surface area contributed by atoms with E-state index in [1.165, 1.54) is 7.05 Å². The van der Waals surface area contributed by atoms with Crippen molar-refractivity contribution in [2.24, 2.45) is 7.05 Å². The molecule has 1 N–H and O–H groups in total. The van der Waals surface area contributed by atoms with Gasteiger partial charge in [-0.05, 0) is 15.9 Å². The predicted molar refractivity (Wildman–Crippen MR) is 55.3 cm³/mol. The van der Waals surface area contributed by atoms with E-state index >= 15 is 0 Å². The van der Waals surface area contributed by atoms with E-state index < -0.39 is 16.9 Å². The standard InChI is InChI=1S/C8H5BrFN3O2/c1-13-6-3(7(14)12-2-11-6)4(9)5(10)8(13)15/h2H,1H3,(H,11,12,14). The first-order valence-electron chi connectivity index (χ1n) is 3.95. The molecule has 0 aliphatic rings. The van der Waals surface area contributed by atoms with Crippen LogP contribution in [0.1, 0.15) is 0 Å². The Hall–Kier alpha value is -1.50. The van der Waals surface area contributed by atoms with Crippen molar-refractivity contribution in [2.75, 3.05) is 0 Å². The van der Waals surface area contributed by atoms with Crippen LogP contribution in [0.3, 0.4) is 0 Å². The number of H-pyrrole nitrogens is 1. The maximum absolute atomic E-state index is 13.3. The van der Waals surface area contributed by atoms with E-state index in [0.717, 1.165) is 10.9 Å². The molecule has 0 aromatic carbocycles. The minimum atomic E-state index is -0.997. The first kappa shape index (κ1) is 10.0. The Balaban J connectivity index is 3.23. The van der Waals surface area contributed by atoms with Gasteiger partial charge in [-0.3, -0.25) is 14.2 Å². The summed E-state index contributed by atoms with van der Waals surface area (Å²) in [7, 11) is 1.35. The van der Waals surface area contributed by atoms with Crippen LogP contribution in [-0.4, -0.2) is 14.5 Å². The summed E-state index contributed by atoms with van der Waals surface area (Å²) in [4.78, 5) is 28.9. The Morgan fingerprint density at radius 3 is 2.87 bits per heavy atom. The van der Waals surface area contributed by atoms with E-state index in [1.54, 1.807) is 0 Å². The third-order valence-corrected chi connectivity index (χ3v) is 2.80. The number of aryl methyl sites for hydroxylation is 1. The van der Waals surface area contributed by atoms with Crippen LogP contribution in [0.4, 0.5) is 4.39 Å². The minimum absolute atomic E-state index is 0.0251. The zero-order valence-corrected chi connectivity index (χ0v) is 9.13. The number of hydrogen-bond acceptors (Lipinski definition) is 3. The molecule has 15 heavy (non-hydrogen) atoms. The number of pyridine rings is 1. The summed E-state index contributed by atoms with van der Waals surface area (Å²) in [6, 6.07) is 0. The molecule has 2 rings (SSSR count). The fourth-order valence-corrected chi connectivity index (χ4v) is 1.82. The van der Waals surface area contributed by atoms with Crippen LogP contribution < -0.4 is 11.1 Å². The van der Waals surface area contributed by atoms with Crippen LogP contribution in [0.25, 0.3) is 11.0 Å². The lowest BCUT2D eigenvalue weighted by molar-refractivity contribution is 0.589. The van der Waals surface area contributed by atoms with Gasteiger partial charge in [-0.2, -0.15) is 4.39 Å². The van der Waals surface area contributed by atoms with Crippen molar-refractivity contribution in [3.63, 3.8) is 0 Å². The van der Waals surface area contributed by atoms with Gasteiger partial charge in [0, 0.05) is 7.05 Å². The Labute approximate surface area is 90.7 Å². The van der Waals surface area contributed by atoms with E-state index in [4.69, 9.17) is 0 Å². The zero-order chi connectivity index (χ0) is 11.2. The van der Waals surface area contributed by atoms with Crippen molar-refractivity contribution in [3.05, 3.63) is 37.3 Å². The molecule has 0 aliphatic carbocycles. The van der Waals surface area contributed by atoms with Crippen LogP contribution in [0.5, 0.6) is 0 Å². The van der Waals surface area contributed by atoms with Gasteiger partial charge in [-0.25, -0.2) is 4.98 Å². The van der Waals surface area contributed by atoms with Gasteiger partial charge in [0.15, 0.2) is 5.65 Å². The molecule has 0 atom stereocenters. The third-order valence-electron chi connectivity index (χ3n) is 2.06. The normalized spacial score (nSPS) is 10.9. The van der Waals surface area contributed by atoms with Crippen molar-refractivity contribution < 1.29 is 4.39 Å². The molecule has 2 aromatic heterocycles. The van der Waals surface area contributed by atoms with Gasteiger partial charge >= 0.3 is 0 Å². The van der Waals surface area contributed by atoms with Gasteiger partial charge in [-0.1, -0.05) is 0 Å². The van der Waals surface area contributed by atoms with Crippen LogP contribution in [0, 0.1) is 5.82 Å². The van der Waals surface area contributed by atoms with E-state index in [0.29, 0.717) is 0 Å². The monoisotopic (exact) mass is 273 g/mol. The molecule has 7 heteroatoms. The van der Waals surface area contributed by atoms with Gasteiger partial charge in [0.05, 0.1) is 10.8 Å². The summed E-state index contributed by atoms with van der Waals surface area (Å²) < 4.78 is 14.2. The van der Waals surface area contributed by atoms with Crippen molar-refractivity contribution in [1.82, 2.24) is 14.5 Å². The molecule has 0 saturated carbocycles. The van der Waals surface area contributed by atoms with Gasteiger partial charge in [-0.15, -0.1) is 0 Å². The Morgan fingerprint density at radius 2 is 2.20 bits per heavy atom. The number of aromatic nitrogens is 3. The molecule has 78 valence electrons. The second-order valence-corrected chi connectivity index (χ2v) is 3.72. The SMILES string of the molecule is Cn1c(=O)c(F)c(Br)c2c(=O)[nH]cnc21. The zero-order valence-electron chi connectivity index (χ0n) is 7.54. The highest BCUT2D eigenvalue weighted by atomic mass is 79.9. The summed E-state index contributed by atoms with van der Waals surface area (Å²) in [6.45, 7) is 0. The lowest BCUT2D eigenvalue weighted by atomic mass is 10.3. The summed E-state index contributed by atoms with van der Waals surface area (Å²) in [5.41, 5.74) is -1.19. The number of rotatable bonds is 0. The fraction of sp³-hybridized carbons (Fsp3) is 0.125. The first-order valence-corrected chi connectivity index (χ1v) is 4.74. The smallest absolute Gasteiger partial charge is 0.289 e. The number of halogens is 2. The van der Waals surface area contributed by atoms with Gasteiger partial charge in [0.25, 0.3) is 11.1 Å². The minimum Gasteiger partial charge on any atom is -0.312 e. The van der Waals surface area contributed by atoms with Crippen LogP contribution in [0.2, 0.25) is 0 Å². The van der Waals surface area contributed by atoms with E-state index in [1.807, 2.05) is 0 Å². The number of hydrogen-bond donors (Lipinski definition) is 1. The highest BCUT2D eigenvalue weighted by molar-refractivity contribution is 9.10. The largest absolute Gasteiger partial charge is 0.312 e. The molecule has 0 unspecified atom stereocenters. The predicted octanol–water partition coefficient (Wildman–Crippen LogP) is 0.523. The lowest BCUT2D eigenvalue weighted by Crippen LogP contribution is -2.24. The van der Waals surface area contributed by atoms with Crippen LogP contribution in [-0.2, 0) is 7.05 Å². The molecule has 0 aliphatic heterocycles. The molecule has 0 amide bonds. The van der Waals surface area contributed by atoms with Crippen molar-refractivity contribution >= 4 is 27.0 Å². The number of fused-ring (bicyclic) bond motifs is 1. The van der Waals surface area contributed by atoms with E-state index in [9.17, 15) is 14.0 Å². The van der Waals surface area contributed by atoms with Gasteiger partial charge in [0.2, 0.25) is 5.82 Å². The van der Waals surface area contributed by atoms with Crippen LogP contribution in [0.15, 0.2) is 20.4 Å². The maximum Gasteiger partial charge on any atom is 0.289 e. The summed E-state index contributed by atoms with van der Waals surface area (Å²) in [5.74, 6) is -0.997. The maximum atomic E-state index is 13.3. The summed E-state index contributed by atoms with van der Waals surface area (Å²) >= 11 is 2.87. The molecule has 0 radical (unpaired) electrons. The highest BCUT2D eigenvalue weighted by Crippen LogP contribution is 2.18. The molecule has 5 nitrogen and oxygen atoms in total. The molecule has 2 aromatic rings. The number of nitrogens with one attached hydrogen (secondary N) is 1. The molecule has 0 spiro atoms. The average Bonchev–Trinajstić information content (AvgIpc) is 2.23. The van der Waals surface area contributed by atoms with E-state index in [2.05, 4.69) is 25.9 Å². The Morgan fingerprint density at radius 1 is 1.53 bits per heavy atom. The van der Waals surface area contributed by atoms with Crippen LogP contribution >= 0.6 is 15.9 Å². The summed E-state index contributed by atoms with van der Waals surface area (Å²) in [6.07, 6.45) is 1.16. The third kappa shape index (κ3) is 1.30. The number of nitrogens with zero attached hydrogens (tertiary/aromatic N) is 2. The average molecular weight is 274 g/mol. The van der Waals surface area contributed by atoms with Crippen molar-refractivity contribution in [2.45, 2.75) is 0 Å². The number of aromatic amines is 1. The Kier molecular flexibility index (Phi) is 2.18. The molecule has 0 bridgehead atoms. The van der Waals surface area contributed by atoms with E-state index in [-0.39, 0.29) is 15.5 Å². The molecular weight excluding hydrogens is 269 g/mol. The quantitative estimate of drug-likeness (QED) is 0.761. The van der Waals surface area contributed by atoms with Crippen molar-refractivity contribution in [1.29, 1.82) is 0 Å². The van der Waals surface area contributed by atoms with Gasteiger partial charge in [0.1, 0.15) is 5.39 Å². The van der Waals surface area contributed by atoms with Crippen molar-refractivity contribution in [3.8, 4) is 0 Å². The Bertz CT molecular complexity index is 661. The molecule has 0 saturated heterocycles. The topological polar surface area (TPSA) is 67.8 Å².